The molecule has 3 N–H and O–H groups in total. The van der Waals surface area contributed by atoms with Crippen LogP contribution in [0.1, 0.15) is 5.56 Å². The zero-order valence-corrected chi connectivity index (χ0v) is 33.4. The molecular formula is C34H27Cl4FN6O10S2. The van der Waals surface area contributed by atoms with E-state index in [-0.39, 0.29) is 51.8 Å². The zero-order chi connectivity index (χ0) is 41.4. The number of halogens is 5. The number of non-ortho nitro benzene ring substituents is 1. The van der Waals surface area contributed by atoms with Crippen LogP contribution in [0, 0.1) is 27.3 Å². The predicted molar refractivity (Wildman–Crippen MR) is 205 cm³/mol. The topological polar surface area (TPSA) is 222 Å². The fraction of sp³-hybridized carbons (Fsp3) is 0.235. The van der Waals surface area contributed by atoms with Crippen LogP contribution in [0.3, 0.4) is 0 Å². The molecule has 2 atom stereocenters. The van der Waals surface area contributed by atoms with Gasteiger partial charge in [0, 0.05) is 72.5 Å². The average Bonchev–Trinajstić information content (AvgIpc) is 3.16. The van der Waals surface area contributed by atoms with Gasteiger partial charge < -0.3 is 25.2 Å². The van der Waals surface area contributed by atoms with Crippen LogP contribution in [0.2, 0.25) is 20.1 Å². The molecule has 0 aliphatic carbocycles. The molecule has 2 saturated heterocycles. The van der Waals surface area contributed by atoms with E-state index >= 15 is 0 Å². The van der Waals surface area contributed by atoms with Gasteiger partial charge in [-0.25, -0.2) is 21.2 Å². The number of carboxylic acids is 1. The number of carboxylic acid groups (broad SMARTS) is 1. The van der Waals surface area contributed by atoms with Gasteiger partial charge in [0.2, 0.25) is 20.0 Å². The minimum absolute atomic E-state index is 0.0268. The van der Waals surface area contributed by atoms with Gasteiger partial charge in [-0.05, 0) is 48.5 Å². The van der Waals surface area contributed by atoms with Gasteiger partial charge in [0.05, 0.1) is 27.6 Å². The van der Waals surface area contributed by atoms with Crippen LogP contribution in [0.4, 0.5) is 10.1 Å². The molecule has 2 aliphatic rings. The number of hydrogen-bond donors (Lipinski definition) is 3. The molecule has 16 nitrogen and oxygen atoms in total. The molecule has 0 bridgehead atoms. The summed E-state index contributed by atoms with van der Waals surface area (Å²) in [7, 11) is -9.80. The fourth-order valence-electron chi connectivity index (χ4n) is 6.43. The van der Waals surface area contributed by atoms with E-state index in [1.807, 2.05) is 6.07 Å². The molecule has 0 saturated carbocycles. The van der Waals surface area contributed by atoms with Gasteiger partial charge in [0.15, 0.2) is 17.1 Å². The number of carbonyl (C=O) groups is 1. The lowest BCUT2D eigenvalue weighted by molar-refractivity contribution is -0.385. The number of nitrogens with zero attached hydrogens (tertiary/aromatic N) is 4. The zero-order valence-electron chi connectivity index (χ0n) is 28.8. The van der Waals surface area contributed by atoms with Gasteiger partial charge in [0.25, 0.3) is 5.69 Å². The summed E-state index contributed by atoms with van der Waals surface area (Å²) in [6, 6.07) is 12.6. The monoisotopic (exact) mass is 902 g/mol. The summed E-state index contributed by atoms with van der Waals surface area (Å²) in [6.45, 7) is -2.21. The minimum Gasteiger partial charge on any atom is -0.480 e. The molecule has 0 aromatic heterocycles. The molecule has 23 heteroatoms. The molecule has 0 spiro atoms. The van der Waals surface area contributed by atoms with Crippen molar-refractivity contribution in [3.05, 3.63) is 108 Å². The third-order valence-corrected chi connectivity index (χ3v) is 13.8. The van der Waals surface area contributed by atoms with Crippen molar-refractivity contribution in [1.29, 1.82) is 5.26 Å². The van der Waals surface area contributed by atoms with E-state index in [2.05, 4.69) is 10.6 Å². The number of benzene rings is 4. The summed E-state index contributed by atoms with van der Waals surface area (Å²) in [5.41, 5.74) is -3.22. The number of nitro benzene ring substituents is 1. The van der Waals surface area contributed by atoms with Gasteiger partial charge in [-0.2, -0.15) is 13.9 Å². The maximum atomic E-state index is 15.0. The summed E-state index contributed by atoms with van der Waals surface area (Å²) in [5, 5.41) is 38.0. The highest BCUT2D eigenvalue weighted by atomic mass is 35.5. The van der Waals surface area contributed by atoms with Crippen molar-refractivity contribution >= 4 is 78.1 Å². The van der Waals surface area contributed by atoms with Crippen LogP contribution in [0.15, 0.2) is 76.5 Å². The quantitative estimate of drug-likeness (QED) is 0.0910. The third kappa shape index (κ3) is 8.33. The van der Waals surface area contributed by atoms with Crippen molar-refractivity contribution in [2.24, 2.45) is 0 Å². The van der Waals surface area contributed by atoms with Crippen molar-refractivity contribution in [2.45, 2.75) is 21.4 Å². The molecule has 300 valence electrons. The normalized spacial score (nSPS) is 19.4. The Morgan fingerprint density at radius 1 is 0.895 bits per heavy atom. The van der Waals surface area contributed by atoms with E-state index in [4.69, 9.17) is 55.9 Å². The Morgan fingerprint density at radius 3 is 2.21 bits per heavy atom. The van der Waals surface area contributed by atoms with Gasteiger partial charge in [0.1, 0.15) is 27.0 Å². The molecule has 0 radical (unpaired) electrons. The lowest BCUT2D eigenvalue weighted by Crippen LogP contribution is -2.77. The second-order valence-corrected chi connectivity index (χ2v) is 18.0. The minimum atomic E-state index is -4.93. The highest BCUT2D eigenvalue weighted by Crippen LogP contribution is 2.41. The molecule has 4 aromatic carbocycles. The Hall–Kier alpha value is -4.33. The van der Waals surface area contributed by atoms with Crippen LogP contribution < -0.4 is 20.1 Å². The molecule has 2 fully saturated rings. The molecular weight excluding hydrogens is 877 g/mol. The van der Waals surface area contributed by atoms with E-state index < -0.39 is 100.0 Å². The van der Waals surface area contributed by atoms with E-state index in [1.54, 1.807) is 0 Å². The Morgan fingerprint density at radius 2 is 1.54 bits per heavy atom. The van der Waals surface area contributed by atoms with Crippen molar-refractivity contribution in [2.75, 3.05) is 39.3 Å². The number of piperazine rings is 2. The summed E-state index contributed by atoms with van der Waals surface area (Å²) in [4.78, 5) is 23.0. The summed E-state index contributed by atoms with van der Waals surface area (Å²) in [6.07, 6.45) is 0. The first kappa shape index (κ1) is 42.3. The van der Waals surface area contributed by atoms with Gasteiger partial charge in [-0.3, -0.25) is 14.9 Å². The van der Waals surface area contributed by atoms with Gasteiger partial charge in [-0.1, -0.05) is 46.4 Å². The Labute approximate surface area is 344 Å². The van der Waals surface area contributed by atoms with Gasteiger partial charge in [-0.15, -0.1) is 0 Å². The second-order valence-electron chi connectivity index (χ2n) is 12.5. The molecule has 6 rings (SSSR count). The number of aliphatic carboxylic acids is 1. The number of hydrogen-bond acceptors (Lipinski definition) is 12. The molecule has 57 heavy (non-hydrogen) atoms. The Kier molecular flexibility index (Phi) is 12.2. The van der Waals surface area contributed by atoms with Crippen molar-refractivity contribution in [3.63, 3.8) is 0 Å². The van der Waals surface area contributed by atoms with Crippen LogP contribution >= 0.6 is 46.4 Å². The smallest absolute Gasteiger partial charge is 0.328 e. The second kappa shape index (κ2) is 16.5. The van der Waals surface area contributed by atoms with Gasteiger partial charge >= 0.3 is 5.97 Å². The highest BCUT2D eigenvalue weighted by molar-refractivity contribution is 7.89. The molecule has 2 heterocycles. The van der Waals surface area contributed by atoms with Crippen molar-refractivity contribution in [3.8, 4) is 29.1 Å². The molecule has 4 aromatic rings. The predicted octanol–water partition coefficient (Wildman–Crippen LogP) is 5.88. The lowest BCUT2D eigenvalue weighted by Gasteiger charge is -2.50. The fourth-order valence-corrected chi connectivity index (χ4v) is 10.9. The highest BCUT2D eigenvalue weighted by Gasteiger charge is 2.58. The Balaban J connectivity index is 1.41. The SMILES string of the molecule is N#Cc1ccc(Oc2cc(Cl)cc(Cl)c2)c(S(=O)(=O)N2CCNCC2(C(=O)O)C2CN(S(=O)(=O)c3cc([N+](=O)[O-])ccc3Oc3cc(Cl)cc(Cl)c3F)CCN2)c1. The van der Waals surface area contributed by atoms with Crippen LogP contribution in [0.25, 0.3) is 0 Å². The summed E-state index contributed by atoms with van der Waals surface area (Å²) >= 11 is 24.1. The molecule has 2 aliphatic heterocycles. The number of nitriles is 1. The largest absolute Gasteiger partial charge is 0.480 e. The summed E-state index contributed by atoms with van der Waals surface area (Å²) < 4.78 is 86.3. The molecule has 2 unspecified atom stereocenters. The number of nitrogens with one attached hydrogen (secondary N) is 2. The van der Waals surface area contributed by atoms with Crippen molar-refractivity contribution in [1.82, 2.24) is 19.2 Å². The first-order chi connectivity index (χ1) is 26.9. The van der Waals surface area contributed by atoms with E-state index in [9.17, 15) is 46.5 Å². The standard InChI is InChI=1S/C34H27Cl4FN6O10S2/c35-20-10-21(36)12-24(11-20)54-26-3-1-19(16-40)9-29(26)57(52,53)44-8-5-41-18-34(44,33(46)47)31-17-43(7-6-42-31)56(50,51)30-15-23(45(48)49)2-4-27(30)55-28-14-22(37)13-25(38)32(28)39/h1-4,9-15,31,41-42H,5-8,17-18H2,(H,46,47). The van der Waals surface area contributed by atoms with E-state index in [0.29, 0.717) is 10.4 Å². The number of rotatable bonds is 11. The lowest BCUT2D eigenvalue weighted by atomic mass is 9.87. The molecule has 0 amide bonds. The van der Waals surface area contributed by atoms with Crippen LogP contribution in [-0.4, -0.2) is 92.3 Å². The van der Waals surface area contributed by atoms with E-state index in [0.717, 1.165) is 34.6 Å². The Bertz CT molecular complexity index is 2550. The number of ether oxygens (including phenoxy) is 2. The van der Waals surface area contributed by atoms with E-state index in [1.165, 1.54) is 30.3 Å². The van der Waals surface area contributed by atoms with Crippen LogP contribution in [0.5, 0.6) is 23.0 Å². The summed E-state index contributed by atoms with van der Waals surface area (Å²) in [5.74, 6) is -4.21. The maximum absolute atomic E-state index is 15.0. The number of nitro groups is 1. The maximum Gasteiger partial charge on any atom is 0.328 e. The first-order valence-electron chi connectivity index (χ1n) is 16.4. The first-order valence-corrected chi connectivity index (χ1v) is 20.8. The third-order valence-electron chi connectivity index (χ3n) is 9.06. The van der Waals surface area contributed by atoms with Crippen molar-refractivity contribution < 1.29 is 45.5 Å². The number of sulfonamides is 2. The van der Waals surface area contributed by atoms with Crippen LogP contribution in [-0.2, 0) is 24.8 Å². The average molecular weight is 905 g/mol.